The molecule has 0 aliphatic rings. The SMILES string of the molecule is CSOc1ccc(C)cc1.Cc1cccc(S(=O)(=O)[O-])c1.[Na+]. The van der Waals surface area contributed by atoms with Crippen molar-refractivity contribution in [2.24, 2.45) is 0 Å². The van der Waals surface area contributed by atoms with Gasteiger partial charge in [0.2, 0.25) is 0 Å². The Balaban J connectivity index is 0.000000385. The minimum atomic E-state index is -4.28. The Morgan fingerprint density at radius 3 is 2.00 bits per heavy atom. The Morgan fingerprint density at radius 1 is 1.00 bits per heavy atom. The van der Waals surface area contributed by atoms with Crippen LogP contribution in [0.25, 0.3) is 0 Å². The van der Waals surface area contributed by atoms with Gasteiger partial charge in [-0.05, 0) is 43.7 Å². The summed E-state index contributed by atoms with van der Waals surface area (Å²) in [5.41, 5.74) is 2.02. The van der Waals surface area contributed by atoms with E-state index < -0.39 is 10.1 Å². The van der Waals surface area contributed by atoms with Crippen molar-refractivity contribution in [1.82, 2.24) is 0 Å². The number of aryl methyl sites for hydroxylation is 2. The van der Waals surface area contributed by atoms with Crippen LogP contribution in [-0.4, -0.2) is 19.2 Å². The van der Waals surface area contributed by atoms with E-state index in [1.165, 1.54) is 29.7 Å². The van der Waals surface area contributed by atoms with Gasteiger partial charge in [0.05, 0.1) is 16.9 Å². The van der Waals surface area contributed by atoms with Crippen molar-refractivity contribution in [2.45, 2.75) is 18.7 Å². The molecule has 0 amide bonds. The zero-order valence-electron chi connectivity index (χ0n) is 13.1. The first kappa shape index (κ1) is 21.5. The summed E-state index contributed by atoms with van der Waals surface area (Å²) >= 11 is 1.36. The van der Waals surface area contributed by atoms with Crippen molar-refractivity contribution >= 4 is 22.2 Å². The summed E-state index contributed by atoms with van der Waals surface area (Å²) in [6, 6.07) is 13.9. The quantitative estimate of drug-likeness (QED) is 0.461. The van der Waals surface area contributed by atoms with E-state index in [-0.39, 0.29) is 34.5 Å². The number of benzene rings is 2. The molecule has 4 nitrogen and oxygen atoms in total. The van der Waals surface area contributed by atoms with Crippen molar-refractivity contribution in [3.8, 4) is 5.75 Å². The van der Waals surface area contributed by atoms with Gasteiger partial charge in [0.25, 0.3) is 0 Å². The predicted octanol–water partition coefficient (Wildman–Crippen LogP) is 0.555. The number of rotatable bonds is 3. The fourth-order valence-corrected chi connectivity index (χ4v) is 2.34. The van der Waals surface area contributed by atoms with E-state index in [0.29, 0.717) is 0 Å². The summed E-state index contributed by atoms with van der Waals surface area (Å²) in [7, 11) is -4.28. The summed E-state index contributed by atoms with van der Waals surface area (Å²) in [5, 5.41) is 0. The number of hydrogen-bond acceptors (Lipinski definition) is 5. The first-order valence-electron chi connectivity index (χ1n) is 6.13. The van der Waals surface area contributed by atoms with Crippen molar-refractivity contribution in [1.29, 1.82) is 0 Å². The molecule has 0 saturated carbocycles. The van der Waals surface area contributed by atoms with Gasteiger partial charge in [0, 0.05) is 6.26 Å². The first-order valence-corrected chi connectivity index (χ1v) is 8.68. The smallest absolute Gasteiger partial charge is 0.744 e. The van der Waals surface area contributed by atoms with E-state index >= 15 is 0 Å². The zero-order chi connectivity index (χ0) is 15.9. The Kier molecular flexibility index (Phi) is 10.1. The maximum absolute atomic E-state index is 10.4. The van der Waals surface area contributed by atoms with E-state index in [4.69, 9.17) is 4.18 Å². The van der Waals surface area contributed by atoms with Crippen molar-refractivity contribution < 1.29 is 46.7 Å². The van der Waals surface area contributed by atoms with Crippen LogP contribution in [0.5, 0.6) is 5.75 Å². The van der Waals surface area contributed by atoms with Crippen LogP contribution >= 0.6 is 12.0 Å². The molecular weight excluding hydrogens is 331 g/mol. The Bertz CT molecular complexity index is 670. The molecule has 0 saturated heterocycles. The normalized spacial score (nSPS) is 10.0. The predicted molar refractivity (Wildman–Crippen MR) is 84.5 cm³/mol. The third kappa shape index (κ3) is 8.22. The molecule has 2 rings (SSSR count). The number of hydrogen-bond donors (Lipinski definition) is 0. The van der Waals surface area contributed by atoms with Crippen LogP contribution in [0.15, 0.2) is 53.4 Å². The second kappa shape index (κ2) is 10.3. The molecule has 0 aliphatic carbocycles. The molecular formula is C15H17NaO4S2. The van der Waals surface area contributed by atoms with E-state index in [9.17, 15) is 13.0 Å². The van der Waals surface area contributed by atoms with Crippen LogP contribution in [0.4, 0.5) is 0 Å². The van der Waals surface area contributed by atoms with Gasteiger partial charge in [-0.15, -0.1) is 0 Å². The van der Waals surface area contributed by atoms with E-state index in [1.807, 2.05) is 30.5 Å². The van der Waals surface area contributed by atoms with Crippen molar-refractivity contribution in [2.75, 3.05) is 6.26 Å². The molecule has 0 radical (unpaired) electrons. The van der Waals surface area contributed by atoms with E-state index in [1.54, 1.807) is 19.1 Å². The molecule has 0 fully saturated rings. The minimum absolute atomic E-state index is 0. The minimum Gasteiger partial charge on any atom is -0.744 e. The van der Waals surface area contributed by atoms with Gasteiger partial charge in [0.1, 0.15) is 15.9 Å². The monoisotopic (exact) mass is 348 g/mol. The van der Waals surface area contributed by atoms with Crippen LogP contribution in [0, 0.1) is 13.8 Å². The van der Waals surface area contributed by atoms with Crippen LogP contribution in [0.2, 0.25) is 0 Å². The maximum atomic E-state index is 10.4. The van der Waals surface area contributed by atoms with Gasteiger partial charge in [-0.3, -0.25) is 0 Å². The molecule has 7 heteroatoms. The Morgan fingerprint density at radius 2 is 1.59 bits per heavy atom. The molecule has 0 unspecified atom stereocenters. The summed E-state index contributed by atoms with van der Waals surface area (Å²) in [6.07, 6.45) is 1.90. The molecule has 2 aromatic carbocycles. The molecule has 0 heterocycles. The summed E-state index contributed by atoms with van der Waals surface area (Å²) < 4.78 is 36.5. The summed E-state index contributed by atoms with van der Waals surface area (Å²) in [5.74, 6) is 0.915. The Hall–Kier alpha value is -0.500. The van der Waals surface area contributed by atoms with E-state index in [2.05, 4.69) is 6.92 Å². The summed E-state index contributed by atoms with van der Waals surface area (Å²) in [4.78, 5) is -0.169. The van der Waals surface area contributed by atoms with Crippen LogP contribution in [0.3, 0.4) is 0 Å². The second-order valence-corrected chi connectivity index (χ2v) is 6.21. The Labute approximate surface area is 158 Å². The summed E-state index contributed by atoms with van der Waals surface area (Å²) in [6.45, 7) is 3.79. The molecule has 0 atom stereocenters. The largest absolute Gasteiger partial charge is 1.00 e. The van der Waals surface area contributed by atoms with Gasteiger partial charge in [-0.1, -0.05) is 29.8 Å². The van der Waals surface area contributed by atoms with Crippen LogP contribution < -0.4 is 33.7 Å². The average molecular weight is 348 g/mol. The molecule has 0 N–H and O–H groups in total. The van der Waals surface area contributed by atoms with Crippen molar-refractivity contribution in [3.63, 3.8) is 0 Å². The third-order valence-electron chi connectivity index (χ3n) is 2.48. The molecule has 2 aromatic rings. The standard InChI is InChI=1S/C8H10OS.C7H8O3S.Na/c1-7-3-5-8(6-4-7)9-10-2;1-6-3-2-4-7(5-6)11(8,9)10;/h3-6H,1-2H3;2-5H,1H3,(H,8,9,10);/q;;+1/p-1. The average Bonchev–Trinajstić information content (AvgIpc) is 2.41. The fraction of sp³-hybridized carbons (Fsp3) is 0.200. The topological polar surface area (TPSA) is 66.4 Å². The second-order valence-electron chi connectivity index (χ2n) is 4.33. The van der Waals surface area contributed by atoms with Gasteiger partial charge in [-0.25, -0.2) is 8.42 Å². The van der Waals surface area contributed by atoms with Crippen LogP contribution in [0.1, 0.15) is 11.1 Å². The molecule has 114 valence electrons. The molecule has 0 bridgehead atoms. The zero-order valence-corrected chi connectivity index (χ0v) is 16.7. The third-order valence-corrected chi connectivity index (χ3v) is 3.67. The van der Waals surface area contributed by atoms with E-state index in [0.717, 1.165) is 11.3 Å². The molecule has 0 aliphatic heterocycles. The first-order chi connectivity index (χ1) is 9.82. The fourth-order valence-electron chi connectivity index (χ4n) is 1.46. The molecule has 0 spiro atoms. The van der Waals surface area contributed by atoms with Gasteiger partial charge in [-0.2, -0.15) is 0 Å². The van der Waals surface area contributed by atoms with Gasteiger partial charge in [0.15, 0.2) is 0 Å². The molecule has 0 aromatic heterocycles. The van der Waals surface area contributed by atoms with Crippen molar-refractivity contribution in [3.05, 3.63) is 59.7 Å². The van der Waals surface area contributed by atoms with Crippen LogP contribution in [-0.2, 0) is 10.1 Å². The maximum Gasteiger partial charge on any atom is 1.00 e. The van der Waals surface area contributed by atoms with Gasteiger partial charge >= 0.3 is 29.6 Å². The molecule has 22 heavy (non-hydrogen) atoms. The van der Waals surface area contributed by atoms with Gasteiger partial charge < -0.3 is 8.74 Å².